The summed E-state index contributed by atoms with van der Waals surface area (Å²) in [7, 11) is 1.48. The second-order valence-electron chi connectivity index (χ2n) is 7.24. The molecule has 1 aliphatic carbocycles. The Morgan fingerprint density at radius 1 is 1.19 bits per heavy atom. The van der Waals surface area contributed by atoms with Gasteiger partial charge in [-0.25, -0.2) is 0 Å². The minimum Gasteiger partial charge on any atom is -0.496 e. The van der Waals surface area contributed by atoms with Crippen molar-refractivity contribution in [1.29, 1.82) is 0 Å². The number of nitrogens with zero attached hydrogens (tertiary/aromatic N) is 2. The average molecular weight is 368 g/mol. The van der Waals surface area contributed by atoms with Crippen LogP contribution in [0, 0.1) is 5.92 Å². The molecule has 0 N–H and O–H groups in total. The van der Waals surface area contributed by atoms with Crippen LogP contribution in [0.25, 0.3) is 5.69 Å². The number of hydrogen-bond donors (Lipinski definition) is 0. The van der Waals surface area contributed by atoms with Crippen molar-refractivity contribution >= 4 is 5.91 Å². The molecular formula is C21H24N2O4. The largest absolute Gasteiger partial charge is 0.496 e. The highest BCUT2D eigenvalue weighted by molar-refractivity contribution is 5.97. The summed E-state index contributed by atoms with van der Waals surface area (Å²) in [6, 6.07) is 10.6. The number of carbonyl (C=O) groups is 1. The van der Waals surface area contributed by atoms with Crippen LogP contribution >= 0.6 is 0 Å². The standard InChI is InChI=1S/C21H24N2O4/c1-26-19-11-20(24)23(16-5-3-2-4-6-16)13-18(19)21(25)22-10-9-17(12-22)27-14-15-7-8-15/h2-6,11,13,15,17H,7-10,12,14H2,1H3. The molecule has 2 aromatic rings. The number of carbonyl (C=O) groups excluding carboxylic acids is 1. The molecule has 1 saturated carbocycles. The van der Waals surface area contributed by atoms with Gasteiger partial charge in [0.1, 0.15) is 5.75 Å². The van der Waals surface area contributed by atoms with E-state index >= 15 is 0 Å². The number of hydrogen-bond acceptors (Lipinski definition) is 4. The molecule has 142 valence electrons. The molecule has 27 heavy (non-hydrogen) atoms. The molecule has 0 radical (unpaired) electrons. The molecule has 0 bridgehead atoms. The highest BCUT2D eigenvalue weighted by Crippen LogP contribution is 2.30. The van der Waals surface area contributed by atoms with E-state index in [0.717, 1.165) is 13.0 Å². The van der Waals surface area contributed by atoms with E-state index < -0.39 is 0 Å². The van der Waals surface area contributed by atoms with Crippen molar-refractivity contribution in [3.63, 3.8) is 0 Å². The predicted molar refractivity (Wildman–Crippen MR) is 102 cm³/mol. The first kappa shape index (κ1) is 17.8. The van der Waals surface area contributed by atoms with Gasteiger partial charge < -0.3 is 14.4 Å². The Kier molecular flexibility index (Phi) is 4.99. The van der Waals surface area contributed by atoms with E-state index in [1.165, 1.54) is 30.6 Å². The highest BCUT2D eigenvalue weighted by Gasteiger charge is 2.31. The van der Waals surface area contributed by atoms with Gasteiger partial charge in [-0.15, -0.1) is 0 Å². The maximum Gasteiger partial charge on any atom is 0.259 e. The zero-order chi connectivity index (χ0) is 18.8. The van der Waals surface area contributed by atoms with Crippen LogP contribution in [0.4, 0.5) is 0 Å². The zero-order valence-electron chi connectivity index (χ0n) is 15.5. The van der Waals surface area contributed by atoms with E-state index in [0.29, 0.717) is 36.0 Å². The monoisotopic (exact) mass is 368 g/mol. The number of ether oxygens (including phenoxy) is 2. The fourth-order valence-corrected chi connectivity index (χ4v) is 3.41. The second kappa shape index (κ2) is 7.56. The Morgan fingerprint density at radius 2 is 1.96 bits per heavy atom. The van der Waals surface area contributed by atoms with Gasteiger partial charge in [-0.3, -0.25) is 14.2 Å². The van der Waals surface area contributed by atoms with E-state index in [2.05, 4.69) is 0 Å². The van der Waals surface area contributed by atoms with E-state index in [1.54, 1.807) is 11.1 Å². The lowest BCUT2D eigenvalue weighted by atomic mass is 10.2. The SMILES string of the molecule is COc1cc(=O)n(-c2ccccc2)cc1C(=O)N1CCC(OCC2CC2)C1. The van der Waals surface area contributed by atoms with Crippen molar-refractivity contribution in [2.45, 2.75) is 25.4 Å². The fraction of sp³-hybridized carbons (Fsp3) is 0.429. The third-order valence-electron chi connectivity index (χ3n) is 5.20. The molecule has 6 heteroatoms. The third-order valence-corrected chi connectivity index (χ3v) is 5.20. The fourth-order valence-electron chi connectivity index (χ4n) is 3.41. The summed E-state index contributed by atoms with van der Waals surface area (Å²) < 4.78 is 12.7. The quantitative estimate of drug-likeness (QED) is 0.786. The van der Waals surface area contributed by atoms with E-state index in [-0.39, 0.29) is 17.6 Å². The number of aromatic nitrogens is 1. The summed E-state index contributed by atoms with van der Waals surface area (Å²) in [6.45, 7) is 2.04. The van der Waals surface area contributed by atoms with Crippen LogP contribution in [0.2, 0.25) is 0 Å². The molecule has 1 aromatic carbocycles. The minimum absolute atomic E-state index is 0.0978. The smallest absolute Gasteiger partial charge is 0.259 e. The first-order valence-corrected chi connectivity index (χ1v) is 9.42. The van der Waals surface area contributed by atoms with Crippen LogP contribution in [-0.4, -0.2) is 48.3 Å². The molecule has 2 aliphatic rings. The molecule has 4 rings (SSSR count). The molecule has 1 unspecified atom stereocenters. The minimum atomic E-state index is -0.235. The number of pyridine rings is 1. The second-order valence-corrected chi connectivity index (χ2v) is 7.24. The van der Waals surface area contributed by atoms with E-state index in [1.807, 2.05) is 30.3 Å². The molecule has 2 fully saturated rings. The van der Waals surface area contributed by atoms with Crippen molar-refractivity contribution in [1.82, 2.24) is 9.47 Å². The lowest BCUT2D eigenvalue weighted by Gasteiger charge is -2.19. The Balaban J connectivity index is 1.56. The van der Waals surface area contributed by atoms with Crippen molar-refractivity contribution in [3.8, 4) is 11.4 Å². The summed E-state index contributed by atoms with van der Waals surface area (Å²) in [6.07, 6.45) is 5.04. The first-order chi connectivity index (χ1) is 13.2. The van der Waals surface area contributed by atoms with Gasteiger partial charge in [0.05, 0.1) is 18.8 Å². The number of para-hydroxylation sites is 1. The predicted octanol–water partition coefficient (Wildman–Crippen LogP) is 2.49. The van der Waals surface area contributed by atoms with Crippen LogP contribution in [0.15, 0.2) is 47.4 Å². The maximum absolute atomic E-state index is 13.1. The van der Waals surface area contributed by atoms with Crippen molar-refractivity contribution in [2.24, 2.45) is 5.92 Å². The Morgan fingerprint density at radius 3 is 2.67 bits per heavy atom. The number of benzene rings is 1. The third kappa shape index (κ3) is 3.90. The van der Waals surface area contributed by atoms with Gasteiger partial charge in [-0.2, -0.15) is 0 Å². The molecule has 1 aromatic heterocycles. The molecule has 1 atom stereocenters. The summed E-state index contributed by atoms with van der Waals surface area (Å²) in [5.41, 5.74) is 0.872. The Labute approximate surface area is 158 Å². The molecule has 2 heterocycles. The van der Waals surface area contributed by atoms with Crippen LogP contribution in [0.1, 0.15) is 29.6 Å². The lowest BCUT2D eigenvalue weighted by Crippen LogP contribution is -2.32. The number of rotatable bonds is 6. The van der Waals surface area contributed by atoms with Gasteiger partial charge in [0.25, 0.3) is 11.5 Å². The molecule has 1 saturated heterocycles. The van der Waals surface area contributed by atoms with Crippen molar-refractivity contribution in [2.75, 3.05) is 26.8 Å². The zero-order valence-corrected chi connectivity index (χ0v) is 15.5. The number of likely N-dealkylation sites (tertiary alicyclic amines) is 1. The van der Waals surface area contributed by atoms with Gasteiger partial charge in [0.15, 0.2) is 0 Å². The van der Waals surface area contributed by atoms with Gasteiger partial charge in [-0.1, -0.05) is 18.2 Å². The van der Waals surface area contributed by atoms with E-state index in [4.69, 9.17) is 9.47 Å². The molecule has 6 nitrogen and oxygen atoms in total. The maximum atomic E-state index is 13.1. The summed E-state index contributed by atoms with van der Waals surface area (Å²) in [5, 5.41) is 0. The van der Waals surface area contributed by atoms with Gasteiger partial charge in [0.2, 0.25) is 0 Å². The van der Waals surface area contributed by atoms with Crippen LogP contribution in [0.3, 0.4) is 0 Å². The summed E-state index contributed by atoms with van der Waals surface area (Å²) >= 11 is 0. The van der Waals surface area contributed by atoms with Gasteiger partial charge in [-0.05, 0) is 37.3 Å². The number of amides is 1. The first-order valence-electron chi connectivity index (χ1n) is 9.42. The van der Waals surface area contributed by atoms with Gasteiger partial charge >= 0.3 is 0 Å². The molecular weight excluding hydrogens is 344 g/mol. The van der Waals surface area contributed by atoms with Crippen molar-refractivity contribution < 1.29 is 14.3 Å². The lowest BCUT2D eigenvalue weighted by molar-refractivity contribution is 0.0479. The normalized spacial score (nSPS) is 19.3. The van der Waals surface area contributed by atoms with E-state index in [9.17, 15) is 9.59 Å². The Bertz CT molecular complexity index is 873. The molecule has 1 aliphatic heterocycles. The number of methoxy groups -OCH3 is 1. The topological polar surface area (TPSA) is 60.8 Å². The van der Waals surface area contributed by atoms with Crippen molar-refractivity contribution in [3.05, 3.63) is 58.5 Å². The van der Waals surface area contributed by atoms with Crippen LogP contribution < -0.4 is 10.3 Å². The molecule has 1 amide bonds. The average Bonchev–Trinajstić information content (AvgIpc) is 3.41. The van der Waals surface area contributed by atoms with Crippen LogP contribution in [-0.2, 0) is 4.74 Å². The summed E-state index contributed by atoms with van der Waals surface area (Å²) in [5.74, 6) is 0.887. The van der Waals surface area contributed by atoms with Gasteiger partial charge in [0, 0.05) is 37.6 Å². The van der Waals surface area contributed by atoms with Crippen LogP contribution in [0.5, 0.6) is 5.75 Å². The Hall–Kier alpha value is -2.60. The highest BCUT2D eigenvalue weighted by atomic mass is 16.5. The molecule has 0 spiro atoms. The summed E-state index contributed by atoms with van der Waals surface area (Å²) in [4.78, 5) is 27.3.